The number of carbonyl (C=O) groups is 1. The average molecular weight is 370 g/mol. The van der Waals surface area contributed by atoms with Crippen LogP contribution in [0, 0.1) is 5.92 Å². The maximum Gasteiger partial charge on any atom is 0.174 e. The zero-order valence-electron chi connectivity index (χ0n) is 16.2. The summed E-state index contributed by atoms with van der Waals surface area (Å²) in [6.07, 6.45) is 4.74. The number of piperidine rings is 1. The molecule has 2 aliphatic heterocycles. The van der Waals surface area contributed by atoms with Gasteiger partial charge in [-0.3, -0.25) is 4.79 Å². The molecule has 0 aromatic heterocycles. The van der Waals surface area contributed by atoms with E-state index in [1.165, 1.54) is 18.4 Å². The van der Waals surface area contributed by atoms with Gasteiger partial charge in [0.25, 0.3) is 0 Å². The van der Waals surface area contributed by atoms with Gasteiger partial charge in [-0.2, -0.15) is 0 Å². The first kappa shape index (κ1) is 16.4. The zero-order valence-corrected chi connectivity index (χ0v) is 16.2. The van der Waals surface area contributed by atoms with E-state index in [0.717, 1.165) is 41.9 Å². The Morgan fingerprint density at radius 2 is 2.15 bits per heavy atom. The summed E-state index contributed by atoms with van der Waals surface area (Å²) in [7, 11) is 3.98. The highest BCUT2D eigenvalue weighted by Crippen LogP contribution is 2.66. The topological polar surface area (TPSA) is 55.8 Å². The molecular formula is C22H28NO4+. The van der Waals surface area contributed by atoms with Crippen LogP contribution in [0.3, 0.4) is 0 Å². The summed E-state index contributed by atoms with van der Waals surface area (Å²) in [5, 5.41) is 12.3. The minimum Gasteiger partial charge on any atom is -0.493 e. The summed E-state index contributed by atoms with van der Waals surface area (Å²) < 4.78 is 12.8. The molecule has 3 fully saturated rings. The number of methoxy groups -OCH3 is 1. The highest BCUT2D eigenvalue weighted by molar-refractivity contribution is 5.90. The predicted octanol–water partition coefficient (Wildman–Crippen LogP) is 1.97. The zero-order chi connectivity index (χ0) is 18.6. The van der Waals surface area contributed by atoms with E-state index in [-0.39, 0.29) is 11.8 Å². The van der Waals surface area contributed by atoms with Crippen molar-refractivity contribution in [3.63, 3.8) is 0 Å². The molecule has 3 aliphatic carbocycles. The van der Waals surface area contributed by atoms with Crippen LogP contribution >= 0.6 is 0 Å². The van der Waals surface area contributed by atoms with Crippen molar-refractivity contribution in [2.24, 2.45) is 5.92 Å². The number of rotatable bonds is 3. The summed E-state index contributed by atoms with van der Waals surface area (Å²) in [4.78, 5) is 12.9. The second-order valence-electron chi connectivity index (χ2n) is 9.79. The van der Waals surface area contributed by atoms with Gasteiger partial charge in [0.2, 0.25) is 0 Å². The maximum absolute atomic E-state index is 12.9. The molecule has 1 spiro atoms. The molecule has 2 heterocycles. The number of likely N-dealkylation sites (N-methyl/N-ethyl adjacent to an activating group) is 1. The lowest BCUT2D eigenvalue weighted by molar-refractivity contribution is -0.950. The molecular weight excluding hydrogens is 342 g/mol. The van der Waals surface area contributed by atoms with E-state index in [0.29, 0.717) is 24.3 Å². The largest absolute Gasteiger partial charge is 0.493 e. The van der Waals surface area contributed by atoms with Crippen molar-refractivity contribution in [2.75, 3.05) is 27.2 Å². The summed E-state index contributed by atoms with van der Waals surface area (Å²) in [5.41, 5.74) is 0.859. The summed E-state index contributed by atoms with van der Waals surface area (Å²) in [6, 6.07) is 4.25. The molecule has 0 radical (unpaired) electrons. The lowest BCUT2D eigenvalue weighted by Gasteiger charge is -2.64. The van der Waals surface area contributed by atoms with Crippen molar-refractivity contribution in [3.05, 3.63) is 23.3 Å². The Labute approximate surface area is 159 Å². The predicted molar refractivity (Wildman–Crippen MR) is 99.0 cm³/mol. The van der Waals surface area contributed by atoms with Gasteiger partial charge in [-0.25, -0.2) is 0 Å². The molecule has 0 amide bonds. The Balaban J connectivity index is 1.59. The lowest BCUT2D eigenvalue weighted by Crippen LogP contribution is -2.80. The minimum atomic E-state index is -0.877. The van der Waals surface area contributed by atoms with Crippen LogP contribution in [0.5, 0.6) is 11.5 Å². The van der Waals surface area contributed by atoms with Crippen LogP contribution in [0.4, 0.5) is 0 Å². The van der Waals surface area contributed by atoms with E-state index in [4.69, 9.17) is 9.47 Å². The smallest absolute Gasteiger partial charge is 0.174 e. The highest BCUT2D eigenvalue weighted by Gasteiger charge is 2.76. The molecule has 5 heteroatoms. The van der Waals surface area contributed by atoms with Gasteiger partial charge in [0.15, 0.2) is 23.4 Å². The molecule has 1 aromatic rings. The first-order valence-electron chi connectivity index (χ1n) is 10.4. The van der Waals surface area contributed by atoms with E-state index < -0.39 is 17.1 Å². The highest BCUT2D eigenvalue weighted by atomic mass is 16.5. The number of ketones is 1. The van der Waals surface area contributed by atoms with Gasteiger partial charge in [-0.1, -0.05) is 6.07 Å². The second-order valence-corrected chi connectivity index (χ2v) is 9.79. The fraction of sp³-hybridized carbons (Fsp3) is 0.682. The SMILES string of the molecule is COc1ccc2c3c1OC1C(=O)CCC4(O)C(C2)[N+](C)(CC2CC2)CCC314. The van der Waals surface area contributed by atoms with Gasteiger partial charge in [0, 0.05) is 30.7 Å². The number of hydrogen-bond donors (Lipinski definition) is 1. The molecule has 5 nitrogen and oxygen atoms in total. The molecule has 1 N–H and O–H groups in total. The number of likely N-dealkylation sites (tertiary alicyclic amines) is 1. The van der Waals surface area contributed by atoms with E-state index in [1.807, 2.05) is 6.07 Å². The number of hydrogen-bond acceptors (Lipinski definition) is 4. The minimum absolute atomic E-state index is 0.137. The Kier molecular flexibility index (Phi) is 2.95. The maximum atomic E-state index is 12.9. The van der Waals surface area contributed by atoms with Crippen LogP contribution in [0.25, 0.3) is 0 Å². The Bertz CT molecular complexity index is 864. The molecule has 6 rings (SSSR count). The summed E-state index contributed by atoms with van der Waals surface area (Å²) in [6.45, 7) is 2.16. The second kappa shape index (κ2) is 4.87. The van der Waals surface area contributed by atoms with Gasteiger partial charge in [-0.05, 0) is 30.9 Å². The van der Waals surface area contributed by atoms with E-state index >= 15 is 0 Å². The number of aliphatic hydroxyl groups is 1. The van der Waals surface area contributed by atoms with Crippen LogP contribution in [0.1, 0.15) is 43.2 Å². The number of benzene rings is 1. The van der Waals surface area contributed by atoms with Crippen LogP contribution < -0.4 is 9.47 Å². The van der Waals surface area contributed by atoms with Gasteiger partial charge < -0.3 is 19.1 Å². The van der Waals surface area contributed by atoms with Crippen molar-refractivity contribution in [2.45, 2.75) is 61.7 Å². The normalized spacial score (nSPS) is 43.9. The van der Waals surface area contributed by atoms with Crippen molar-refractivity contribution in [3.8, 4) is 11.5 Å². The van der Waals surface area contributed by atoms with Crippen molar-refractivity contribution >= 4 is 5.78 Å². The molecule has 27 heavy (non-hydrogen) atoms. The fourth-order valence-electron chi connectivity index (χ4n) is 7.09. The average Bonchev–Trinajstić information content (AvgIpc) is 3.37. The van der Waals surface area contributed by atoms with Crippen LogP contribution in [0.2, 0.25) is 0 Å². The van der Waals surface area contributed by atoms with Gasteiger partial charge >= 0.3 is 0 Å². The third-order valence-electron chi connectivity index (χ3n) is 8.48. The van der Waals surface area contributed by atoms with E-state index in [9.17, 15) is 9.90 Å². The Morgan fingerprint density at radius 3 is 2.89 bits per heavy atom. The molecule has 1 aromatic carbocycles. The Hall–Kier alpha value is -1.59. The first-order chi connectivity index (χ1) is 12.9. The number of quaternary nitrogens is 1. The van der Waals surface area contributed by atoms with E-state index in [2.05, 4.69) is 13.1 Å². The van der Waals surface area contributed by atoms with Gasteiger partial charge in [0.05, 0.1) is 32.7 Å². The quantitative estimate of drug-likeness (QED) is 0.827. The monoisotopic (exact) mass is 370 g/mol. The molecule has 144 valence electrons. The first-order valence-corrected chi connectivity index (χ1v) is 10.4. The standard InChI is InChI=1S/C22H28NO4/c1-23(12-13-3-4-13)10-9-21-18-14-5-6-16(26-2)19(18)27-20(21)15(24)7-8-22(21,25)17(23)11-14/h5-6,13,17,20,25H,3-4,7-12H2,1-2H3/q+1. The van der Waals surface area contributed by atoms with Gasteiger partial charge in [-0.15, -0.1) is 0 Å². The number of ether oxygens (including phenoxy) is 2. The molecule has 5 aliphatic rings. The van der Waals surface area contributed by atoms with Crippen LogP contribution in [0.15, 0.2) is 12.1 Å². The lowest BCUT2D eigenvalue weighted by atomic mass is 9.48. The number of carbonyl (C=O) groups excluding carboxylic acids is 1. The fourth-order valence-corrected chi connectivity index (χ4v) is 7.09. The van der Waals surface area contributed by atoms with Crippen molar-refractivity contribution < 1.29 is 23.9 Å². The molecule has 2 saturated carbocycles. The Morgan fingerprint density at radius 1 is 1.33 bits per heavy atom. The molecule has 5 atom stereocenters. The number of nitrogens with zero attached hydrogens (tertiary/aromatic N) is 1. The number of Topliss-reactive ketones (excluding diaryl/α,β-unsaturated/α-hetero) is 1. The summed E-state index contributed by atoms with van der Waals surface area (Å²) >= 11 is 0. The molecule has 1 saturated heterocycles. The van der Waals surface area contributed by atoms with Crippen LogP contribution in [-0.4, -0.2) is 60.4 Å². The molecule has 2 bridgehead atoms. The van der Waals surface area contributed by atoms with Crippen molar-refractivity contribution in [1.29, 1.82) is 0 Å². The summed E-state index contributed by atoms with van der Waals surface area (Å²) in [5.74, 6) is 2.35. The van der Waals surface area contributed by atoms with Crippen molar-refractivity contribution in [1.82, 2.24) is 0 Å². The molecule has 5 unspecified atom stereocenters. The van der Waals surface area contributed by atoms with E-state index in [1.54, 1.807) is 7.11 Å². The third kappa shape index (κ3) is 1.76. The van der Waals surface area contributed by atoms with Gasteiger partial charge in [0.1, 0.15) is 11.6 Å². The van der Waals surface area contributed by atoms with Crippen LogP contribution in [-0.2, 0) is 16.6 Å². The third-order valence-corrected chi connectivity index (χ3v) is 8.48.